The molecule has 8 nitrogen and oxygen atoms in total. The van der Waals surface area contributed by atoms with Crippen LogP contribution in [0.25, 0.3) is 10.8 Å². The van der Waals surface area contributed by atoms with Gasteiger partial charge in [-0.25, -0.2) is 14.4 Å². The number of aromatic hydroxyl groups is 1. The lowest BCUT2D eigenvalue weighted by Gasteiger charge is -2.17. The third-order valence-electron chi connectivity index (χ3n) is 3.13. The number of hydrogen-bond donors (Lipinski definition) is 4. The summed E-state index contributed by atoms with van der Waals surface area (Å²) < 4.78 is 4.58. The highest BCUT2D eigenvalue weighted by molar-refractivity contribution is 6.07. The molecule has 2 rings (SSSR count). The number of aliphatic hydroxyl groups is 1. The molecule has 0 bridgehead atoms. The van der Waals surface area contributed by atoms with E-state index in [2.05, 4.69) is 4.74 Å². The predicted molar refractivity (Wildman–Crippen MR) is 76.1 cm³/mol. The molecule has 0 heterocycles. The summed E-state index contributed by atoms with van der Waals surface area (Å²) in [5, 5.41) is 37.6. The number of esters is 1. The van der Waals surface area contributed by atoms with Gasteiger partial charge in [0.25, 0.3) is 0 Å². The van der Waals surface area contributed by atoms with Crippen molar-refractivity contribution in [3.05, 3.63) is 42.0 Å². The van der Waals surface area contributed by atoms with E-state index < -0.39 is 35.9 Å². The number of phenolic OH excluding ortho intramolecular Hbond substituents is 1. The summed E-state index contributed by atoms with van der Waals surface area (Å²) in [5.74, 6) is -5.39. The Kier molecular flexibility index (Phi) is 4.47. The minimum absolute atomic E-state index is 0.298. The molecule has 120 valence electrons. The number of carbonyl (C=O) groups is 3. The molecule has 0 spiro atoms. The fraction of sp³-hybridized carbons (Fsp3) is 0.133. The monoisotopic (exact) mass is 320 g/mol. The van der Waals surface area contributed by atoms with Gasteiger partial charge in [0, 0.05) is 0 Å². The Morgan fingerprint density at radius 1 is 0.957 bits per heavy atom. The molecule has 2 unspecified atom stereocenters. The van der Waals surface area contributed by atoms with Crippen LogP contribution >= 0.6 is 0 Å². The smallest absolute Gasteiger partial charge is 0.348 e. The van der Waals surface area contributed by atoms with Crippen molar-refractivity contribution >= 4 is 28.7 Å². The number of ether oxygens (including phenoxy) is 1. The molecule has 0 aliphatic rings. The van der Waals surface area contributed by atoms with Crippen molar-refractivity contribution in [3.8, 4) is 5.75 Å². The fourth-order valence-electron chi connectivity index (χ4n) is 2.03. The number of carboxylic acids is 2. The molecule has 0 aliphatic carbocycles. The Balaban J connectivity index is 2.42. The van der Waals surface area contributed by atoms with Crippen LogP contribution in [0.1, 0.15) is 10.4 Å². The molecule has 2 aromatic rings. The number of hydrogen-bond acceptors (Lipinski definition) is 6. The molecule has 2 aromatic carbocycles. The second kappa shape index (κ2) is 6.32. The quantitative estimate of drug-likeness (QED) is 0.587. The van der Waals surface area contributed by atoms with E-state index in [1.165, 1.54) is 12.1 Å². The molecule has 0 radical (unpaired) electrons. The van der Waals surface area contributed by atoms with Crippen LogP contribution in [-0.4, -0.2) is 50.5 Å². The minimum Gasteiger partial charge on any atom is -0.507 e. The van der Waals surface area contributed by atoms with Gasteiger partial charge < -0.3 is 25.2 Å². The highest BCUT2D eigenvalue weighted by atomic mass is 16.6. The predicted octanol–water partition coefficient (Wildman–Crippen LogP) is 0.601. The van der Waals surface area contributed by atoms with E-state index in [0.717, 1.165) is 0 Å². The first-order valence-electron chi connectivity index (χ1n) is 6.38. The largest absolute Gasteiger partial charge is 0.507 e. The van der Waals surface area contributed by atoms with Crippen LogP contribution in [-0.2, 0) is 14.3 Å². The summed E-state index contributed by atoms with van der Waals surface area (Å²) in [6.45, 7) is 0. The summed E-state index contributed by atoms with van der Waals surface area (Å²) in [7, 11) is 0. The van der Waals surface area contributed by atoms with Gasteiger partial charge in [0.05, 0.1) is 0 Å². The van der Waals surface area contributed by atoms with E-state index in [9.17, 15) is 24.6 Å². The van der Waals surface area contributed by atoms with Crippen LogP contribution < -0.4 is 0 Å². The summed E-state index contributed by atoms with van der Waals surface area (Å²) in [5.41, 5.74) is -0.313. The average Bonchev–Trinajstić information content (AvgIpc) is 2.51. The number of phenols is 1. The van der Waals surface area contributed by atoms with Crippen LogP contribution in [0.15, 0.2) is 36.4 Å². The zero-order chi connectivity index (χ0) is 17.1. The Bertz CT molecular complexity index is 782. The van der Waals surface area contributed by atoms with Crippen molar-refractivity contribution in [2.75, 3.05) is 0 Å². The average molecular weight is 320 g/mol. The third-order valence-corrected chi connectivity index (χ3v) is 3.13. The zero-order valence-electron chi connectivity index (χ0n) is 11.5. The molecular formula is C15H12O8. The van der Waals surface area contributed by atoms with E-state index in [1.54, 1.807) is 24.3 Å². The van der Waals surface area contributed by atoms with E-state index >= 15 is 0 Å². The van der Waals surface area contributed by atoms with Gasteiger partial charge in [-0.1, -0.05) is 30.3 Å². The Morgan fingerprint density at radius 3 is 2.22 bits per heavy atom. The topological polar surface area (TPSA) is 141 Å². The molecule has 0 saturated carbocycles. The number of rotatable bonds is 5. The number of carboxylic acid groups (broad SMARTS) is 2. The lowest BCUT2D eigenvalue weighted by molar-refractivity contribution is -0.166. The Morgan fingerprint density at radius 2 is 1.61 bits per heavy atom. The Hall–Kier alpha value is -3.13. The fourth-order valence-corrected chi connectivity index (χ4v) is 2.03. The molecule has 0 aromatic heterocycles. The first kappa shape index (κ1) is 16.2. The molecule has 8 heteroatoms. The van der Waals surface area contributed by atoms with Crippen molar-refractivity contribution < 1.29 is 39.5 Å². The van der Waals surface area contributed by atoms with Crippen molar-refractivity contribution in [2.45, 2.75) is 12.2 Å². The first-order chi connectivity index (χ1) is 10.8. The molecule has 0 fully saturated rings. The lowest BCUT2D eigenvalue weighted by Crippen LogP contribution is -2.43. The zero-order valence-corrected chi connectivity index (χ0v) is 11.5. The highest BCUT2D eigenvalue weighted by Crippen LogP contribution is 2.28. The number of fused-ring (bicyclic) bond motifs is 1. The van der Waals surface area contributed by atoms with Crippen molar-refractivity contribution in [1.29, 1.82) is 0 Å². The van der Waals surface area contributed by atoms with Crippen LogP contribution in [0.3, 0.4) is 0 Å². The summed E-state index contributed by atoms with van der Waals surface area (Å²) in [6.07, 6.45) is -4.74. The summed E-state index contributed by atoms with van der Waals surface area (Å²) in [4.78, 5) is 33.9. The van der Waals surface area contributed by atoms with Gasteiger partial charge in [0.15, 0.2) is 6.10 Å². The van der Waals surface area contributed by atoms with Crippen LogP contribution in [0, 0.1) is 0 Å². The van der Waals surface area contributed by atoms with Gasteiger partial charge in [-0.05, 0) is 16.8 Å². The molecule has 0 amide bonds. The van der Waals surface area contributed by atoms with E-state index in [1.807, 2.05) is 0 Å². The van der Waals surface area contributed by atoms with Gasteiger partial charge in [0.1, 0.15) is 11.3 Å². The maximum atomic E-state index is 12.2. The number of aliphatic hydroxyl groups excluding tert-OH is 1. The van der Waals surface area contributed by atoms with Gasteiger partial charge in [0.2, 0.25) is 6.10 Å². The standard InChI is InChI=1S/C15H12O8/c16-9-6-5-7-3-1-2-4-8(7)10(9)15(22)23-12(14(20)21)11(17)13(18)19/h1-6,11-12,16-17H,(H,18,19)(H,20,21). The molecule has 23 heavy (non-hydrogen) atoms. The summed E-state index contributed by atoms with van der Waals surface area (Å²) >= 11 is 0. The maximum Gasteiger partial charge on any atom is 0.348 e. The van der Waals surface area contributed by atoms with E-state index in [4.69, 9.17) is 10.2 Å². The van der Waals surface area contributed by atoms with E-state index in [-0.39, 0.29) is 5.56 Å². The van der Waals surface area contributed by atoms with Crippen LogP contribution in [0.4, 0.5) is 0 Å². The minimum atomic E-state index is -2.44. The third kappa shape index (κ3) is 3.22. The second-order valence-corrected chi connectivity index (χ2v) is 4.63. The normalized spacial score (nSPS) is 13.3. The van der Waals surface area contributed by atoms with Crippen LogP contribution in [0.5, 0.6) is 5.75 Å². The van der Waals surface area contributed by atoms with Crippen LogP contribution in [0.2, 0.25) is 0 Å². The number of aliphatic carboxylic acids is 2. The van der Waals surface area contributed by atoms with Crippen molar-refractivity contribution in [3.63, 3.8) is 0 Å². The van der Waals surface area contributed by atoms with Crippen molar-refractivity contribution in [1.82, 2.24) is 0 Å². The number of carbonyl (C=O) groups excluding carboxylic acids is 1. The molecular weight excluding hydrogens is 308 g/mol. The molecule has 0 aliphatic heterocycles. The highest BCUT2D eigenvalue weighted by Gasteiger charge is 2.36. The van der Waals surface area contributed by atoms with Gasteiger partial charge >= 0.3 is 17.9 Å². The SMILES string of the molecule is O=C(OC(C(=O)O)C(O)C(=O)O)c1c(O)ccc2ccccc12. The lowest BCUT2D eigenvalue weighted by atomic mass is 10.0. The summed E-state index contributed by atoms with van der Waals surface area (Å²) in [6, 6.07) is 9.23. The first-order valence-corrected chi connectivity index (χ1v) is 6.38. The molecule has 2 atom stereocenters. The van der Waals surface area contributed by atoms with Gasteiger partial charge in [-0.3, -0.25) is 0 Å². The second-order valence-electron chi connectivity index (χ2n) is 4.63. The maximum absolute atomic E-state index is 12.2. The molecule has 4 N–H and O–H groups in total. The molecule has 0 saturated heterocycles. The Labute approximate surface area is 129 Å². The van der Waals surface area contributed by atoms with Gasteiger partial charge in [-0.2, -0.15) is 0 Å². The number of benzene rings is 2. The van der Waals surface area contributed by atoms with Crippen molar-refractivity contribution in [2.24, 2.45) is 0 Å². The van der Waals surface area contributed by atoms with Gasteiger partial charge in [-0.15, -0.1) is 0 Å². The van der Waals surface area contributed by atoms with E-state index in [0.29, 0.717) is 10.8 Å².